The molecule has 1 atom stereocenters. The van der Waals surface area contributed by atoms with E-state index >= 15 is 0 Å². The molecule has 26 heavy (non-hydrogen) atoms. The Balaban J connectivity index is 1.97. The van der Waals surface area contributed by atoms with E-state index in [-0.39, 0.29) is 17.6 Å². The highest BCUT2D eigenvalue weighted by molar-refractivity contribution is 6.32. The Kier molecular flexibility index (Phi) is 5.99. The van der Waals surface area contributed by atoms with Crippen molar-refractivity contribution in [2.45, 2.75) is 52.1 Å². The van der Waals surface area contributed by atoms with Crippen molar-refractivity contribution in [3.05, 3.63) is 44.8 Å². The standard InChI is InChI=1S/C20H24ClNO4/c1-3-13-9-18-15(11-16(13)21)14(10-19(23)26-18)12-22-8-6-5-7-17(22)20(24)25-4-2/h9-11,17H,3-8,12H2,1-2H3. The predicted octanol–water partition coefficient (Wildman–Crippen LogP) is 3.93. The highest BCUT2D eigenvalue weighted by atomic mass is 35.5. The number of piperidine rings is 1. The molecule has 1 aromatic heterocycles. The molecule has 1 unspecified atom stereocenters. The van der Waals surface area contributed by atoms with Gasteiger partial charge in [-0.1, -0.05) is 24.9 Å². The number of likely N-dealkylation sites (tertiary alicyclic amines) is 1. The van der Waals surface area contributed by atoms with Gasteiger partial charge in [-0.05, 0) is 56.0 Å². The van der Waals surface area contributed by atoms with Crippen LogP contribution in [0.25, 0.3) is 11.0 Å². The fourth-order valence-electron chi connectivity index (χ4n) is 3.59. The lowest BCUT2D eigenvalue weighted by Crippen LogP contribution is -2.45. The topological polar surface area (TPSA) is 59.8 Å². The summed E-state index contributed by atoms with van der Waals surface area (Å²) in [4.78, 5) is 26.4. The van der Waals surface area contributed by atoms with Gasteiger partial charge < -0.3 is 9.15 Å². The normalized spacial score (nSPS) is 18.2. The molecule has 0 N–H and O–H groups in total. The van der Waals surface area contributed by atoms with E-state index in [1.807, 2.05) is 26.0 Å². The molecule has 1 aromatic carbocycles. The van der Waals surface area contributed by atoms with Crippen LogP contribution in [0.1, 0.15) is 44.2 Å². The molecule has 0 aliphatic carbocycles. The highest BCUT2D eigenvalue weighted by Gasteiger charge is 2.30. The number of fused-ring (bicyclic) bond motifs is 1. The average Bonchev–Trinajstić information content (AvgIpc) is 2.62. The number of halogens is 1. The molecule has 140 valence electrons. The zero-order chi connectivity index (χ0) is 18.7. The van der Waals surface area contributed by atoms with Gasteiger partial charge in [-0.3, -0.25) is 9.69 Å². The van der Waals surface area contributed by atoms with E-state index in [0.717, 1.165) is 48.7 Å². The molecule has 1 saturated heterocycles. The first kappa shape index (κ1) is 18.9. The minimum atomic E-state index is -0.387. The fraction of sp³-hybridized carbons (Fsp3) is 0.500. The second-order valence-electron chi connectivity index (χ2n) is 6.62. The van der Waals surface area contributed by atoms with Crippen molar-refractivity contribution in [2.24, 2.45) is 0 Å². The predicted molar refractivity (Wildman–Crippen MR) is 102 cm³/mol. The monoisotopic (exact) mass is 377 g/mol. The van der Waals surface area contributed by atoms with Crippen molar-refractivity contribution < 1.29 is 13.9 Å². The number of esters is 1. The van der Waals surface area contributed by atoms with Crippen LogP contribution in [0, 0.1) is 0 Å². The second-order valence-corrected chi connectivity index (χ2v) is 7.03. The van der Waals surface area contributed by atoms with Gasteiger partial charge in [0.05, 0.1) is 6.61 Å². The van der Waals surface area contributed by atoms with Gasteiger partial charge in [0.15, 0.2) is 0 Å². The summed E-state index contributed by atoms with van der Waals surface area (Å²) in [5.74, 6) is -0.189. The largest absolute Gasteiger partial charge is 0.465 e. The minimum absolute atomic E-state index is 0.189. The maximum Gasteiger partial charge on any atom is 0.336 e. The summed E-state index contributed by atoms with van der Waals surface area (Å²) in [5, 5.41) is 1.48. The SMILES string of the molecule is CCOC(=O)C1CCCCN1Cc1cc(=O)oc2cc(CC)c(Cl)cc12. The van der Waals surface area contributed by atoms with E-state index in [1.165, 1.54) is 6.07 Å². The van der Waals surface area contributed by atoms with E-state index in [0.29, 0.717) is 23.8 Å². The van der Waals surface area contributed by atoms with Gasteiger partial charge in [0.25, 0.3) is 0 Å². The summed E-state index contributed by atoms with van der Waals surface area (Å²) in [5.41, 5.74) is 1.93. The van der Waals surface area contributed by atoms with Crippen molar-refractivity contribution in [1.29, 1.82) is 0 Å². The lowest BCUT2D eigenvalue weighted by atomic mass is 10.00. The van der Waals surface area contributed by atoms with Gasteiger partial charge in [0, 0.05) is 23.0 Å². The van der Waals surface area contributed by atoms with Gasteiger partial charge >= 0.3 is 11.6 Å². The third-order valence-corrected chi connectivity index (χ3v) is 5.28. The lowest BCUT2D eigenvalue weighted by molar-refractivity contribution is -0.151. The van der Waals surface area contributed by atoms with Crippen LogP contribution in [0.15, 0.2) is 27.4 Å². The quantitative estimate of drug-likeness (QED) is 0.583. The summed E-state index contributed by atoms with van der Waals surface area (Å²) in [6.07, 6.45) is 3.57. The molecule has 1 aliphatic heterocycles. The molecule has 2 aromatic rings. The number of ether oxygens (including phenoxy) is 1. The molecular formula is C20H24ClNO4. The average molecular weight is 378 g/mol. The van der Waals surface area contributed by atoms with E-state index in [2.05, 4.69) is 4.90 Å². The molecule has 0 radical (unpaired) electrons. The number of rotatable bonds is 5. The van der Waals surface area contributed by atoms with Crippen molar-refractivity contribution in [3.8, 4) is 0 Å². The molecule has 1 fully saturated rings. The zero-order valence-electron chi connectivity index (χ0n) is 15.2. The van der Waals surface area contributed by atoms with Crippen LogP contribution in [0.2, 0.25) is 5.02 Å². The maximum atomic E-state index is 12.3. The third-order valence-electron chi connectivity index (χ3n) is 4.92. The Hall–Kier alpha value is -1.85. The van der Waals surface area contributed by atoms with Crippen LogP contribution in [-0.2, 0) is 22.5 Å². The fourth-order valence-corrected chi connectivity index (χ4v) is 3.89. The zero-order valence-corrected chi connectivity index (χ0v) is 16.0. The molecule has 0 amide bonds. The molecular weight excluding hydrogens is 354 g/mol. The molecule has 0 bridgehead atoms. The van der Waals surface area contributed by atoms with E-state index in [9.17, 15) is 9.59 Å². The Morgan fingerprint density at radius 1 is 1.27 bits per heavy atom. The Morgan fingerprint density at radius 3 is 2.81 bits per heavy atom. The molecule has 0 spiro atoms. The van der Waals surface area contributed by atoms with Gasteiger partial charge in [0.2, 0.25) is 0 Å². The summed E-state index contributed by atoms with van der Waals surface area (Å²) < 4.78 is 10.6. The number of carbonyl (C=O) groups excluding carboxylic acids is 1. The number of benzene rings is 1. The highest BCUT2D eigenvalue weighted by Crippen LogP contribution is 2.28. The van der Waals surface area contributed by atoms with Crippen LogP contribution in [0.4, 0.5) is 0 Å². The van der Waals surface area contributed by atoms with Crippen LogP contribution >= 0.6 is 11.6 Å². The van der Waals surface area contributed by atoms with Crippen LogP contribution in [-0.4, -0.2) is 30.1 Å². The van der Waals surface area contributed by atoms with E-state index < -0.39 is 0 Å². The van der Waals surface area contributed by atoms with E-state index in [1.54, 1.807) is 0 Å². The lowest BCUT2D eigenvalue weighted by Gasteiger charge is -2.34. The third kappa shape index (κ3) is 3.94. The number of hydrogen-bond acceptors (Lipinski definition) is 5. The Labute approximate surface area is 157 Å². The summed E-state index contributed by atoms with van der Waals surface area (Å²) in [6.45, 7) is 5.48. The summed E-state index contributed by atoms with van der Waals surface area (Å²) in [7, 11) is 0. The van der Waals surface area contributed by atoms with Crippen molar-refractivity contribution >= 4 is 28.5 Å². The van der Waals surface area contributed by atoms with Crippen molar-refractivity contribution in [1.82, 2.24) is 4.90 Å². The van der Waals surface area contributed by atoms with Gasteiger partial charge in [-0.15, -0.1) is 0 Å². The molecule has 3 rings (SSSR count). The van der Waals surface area contributed by atoms with Crippen LogP contribution in [0.5, 0.6) is 0 Å². The van der Waals surface area contributed by atoms with Gasteiger partial charge in [-0.2, -0.15) is 0 Å². The number of nitrogens with zero attached hydrogens (tertiary/aromatic N) is 1. The molecule has 1 aliphatic rings. The number of aryl methyl sites for hydroxylation is 1. The smallest absolute Gasteiger partial charge is 0.336 e. The number of hydrogen-bond donors (Lipinski definition) is 0. The maximum absolute atomic E-state index is 12.3. The van der Waals surface area contributed by atoms with Gasteiger partial charge in [0.1, 0.15) is 11.6 Å². The Morgan fingerprint density at radius 2 is 2.08 bits per heavy atom. The Bertz CT molecular complexity index is 861. The summed E-state index contributed by atoms with van der Waals surface area (Å²) >= 11 is 6.37. The second kappa shape index (κ2) is 8.23. The van der Waals surface area contributed by atoms with Gasteiger partial charge in [-0.25, -0.2) is 4.79 Å². The molecule has 0 saturated carbocycles. The molecule has 6 heteroatoms. The first-order valence-electron chi connectivity index (χ1n) is 9.19. The van der Waals surface area contributed by atoms with E-state index in [4.69, 9.17) is 20.8 Å². The van der Waals surface area contributed by atoms with Crippen molar-refractivity contribution in [3.63, 3.8) is 0 Å². The molecule has 2 heterocycles. The first-order valence-corrected chi connectivity index (χ1v) is 9.57. The van der Waals surface area contributed by atoms with Crippen LogP contribution in [0.3, 0.4) is 0 Å². The first-order chi connectivity index (χ1) is 12.5. The summed E-state index contributed by atoms with van der Waals surface area (Å²) in [6, 6.07) is 4.93. The molecule has 5 nitrogen and oxygen atoms in total. The minimum Gasteiger partial charge on any atom is -0.465 e. The van der Waals surface area contributed by atoms with Crippen molar-refractivity contribution in [2.75, 3.05) is 13.2 Å². The van der Waals surface area contributed by atoms with Crippen LogP contribution < -0.4 is 5.63 Å². The number of carbonyl (C=O) groups is 1.